The topological polar surface area (TPSA) is 20.2 Å². The van der Waals surface area contributed by atoms with E-state index in [-0.39, 0.29) is 3.74 Å². The molecule has 1 nitrogen and oxygen atoms in total. The summed E-state index contributed by atoms with van der Waals surface area (Å²) in [6, 6.07) is 0. The zero-order valence-corrected chi connectivity index (χ0v) is 18.2. The molecular weight excluding hydrogens is 703 g/mol. The van der Waals surface area contributed by atoms with Gasteiger partial charge in [0.1, 0.15) is 3.23 Å². The standard InChI is InChI=1S/C4H2Br8O/c5-1(6)2(7,8)3(9,10)4(11,12)13/h1,13H. The molecule has 0 amide bonds. The summed E-state index contributed by atoms with van der Waals surface area (Å²) >= 11 is 26.3. The van der Waals surface area contributed by atoms with Gasteiger partial charge in [-0.15, -0.1) is 0 Å². The third-order valence-corrected chi connectivity index (χ3v) is 14.9. The molecule has 0 aliphatic rings. The molecule has 0 heterocycles. The predicted molar refractivity (Wildman–Crippen MR) is 85.6 cm³/mol. The first-order valence-corrected chi connectivity index (χ1v) is 9.17. The van der Waals surface area contributed by atoms with E-state index in [2.05, 4.69) is 127 Å². The number of halogens is 8. The summed E-state index contributed by atoms with van der Waals surface area (Å²) in [4.78, 5) is 0. The van der Waals surface area contributed by atoms with Crippen LogP contribution in [0.3, 0.4) is 0 Å². The van der Waals surface area contributed by atoms with Crippen LogP contribution < -0.4 is 0 Å². The maximum atomic E-state index is 9.77. The first kappa shape index (κ1) is 16.8. The Morgan fingerprint density at radius 3 is 1.23 bits per heavy atom. The fraction of sp³-hybridized carbons (Fsp3) is 1.00. The number of hydrogen-bond acceptors (Lipinski definition) is 1. The average molecular weight is 705 g/mol. The molecule has 0 aliphatic carbocycles. The fourth-order valence-corrected chi connectivity index (χ4v) is 4.97. The lowest BCUT2D eigenvalue weighted by Crippen LogP contribution is -2.50. The van der Waals surface area contributed by atoms with Crippen LogP contribution in [0, 0.1) is 0 Å². The Morgan fingerprint density at radius 1 is 0.846 bits per heavy atom. The molecule has 0 atom stereocenters. The molecule has 0 aromatic heterocycles. The van der Waals surface area contributed by atoms with Crippen molar-refractivity contribution in [3.05, 3.63) is 0 Å². The second-order valence-corrected chi connectivity index (χ2v) is 15.5. The van der Waals surface area contributed by atoms with Gasteiger partial charge < -0.3 is 5.11 Å². The minimum absolute atomic E-state index is 0.132. The lowest BCUT2D eigenvalue weighted by atomic mass is 10.3. The van der Waals surface area contributed by atoms with Gasteiger partial charge in [-0.1, -0.05) is 95.6 Å². The fourth-order valence-electron chi connectivity index (χ4n) is 0.338. The van der Waals surface area contributed by atoms with Crippen LogP contribution in [0.25, 0.3) is 0 Å². The minimum atomic E-state index is -1.33. The van der Waals surface area contributed by atoms with Crippen LogP contribution in [-0.4, -0.2) is 18.7 Å². The smallest absolute Gasteiger partial charge is 0.202 e. The summed E-state index contributed by atoms with van der Waals surface area (Å²) in [5.41, 5.74) is 0. The Balaban J connectivity index is 5.04. The van der Waals surface area contributed by atoms with Crippen LogP contribution >= 0.6 is 127 Å². The molecule has 0 aromatic rings. The highest BCUT2D eigenvalue weighted by atomic mass is 79.9. The van der Waals surface area contributed by atoms with Gasteiger partial charge in [0, 0.05) is 0 Å². The van der Waals surface area contributed by atoms with E-state index in [9.17, 15) is 5.11 Å². The van der Waals surface area contributed by atoms with Gasteiger partial charge in [0.15, 0.2) is 3.23 Å². The van der Waals surface area contributed by atoms with Crippen molar-refractivity contribution in [3.63, 3.8) is 0 Å². The molecule has 0 spiro atoms. The van der Waals surface area contributed by atoms with Gasteiger partial charge in [-0.25, -0.2) is 0 Å². The van der Waals surface area contributed by atoms with Crippen molar-refractivity contribution in [2.45, 2.75) is 13.6 Å². The van der Waals surface area contributed by atoms with Gasteiger partial charge in [0.2, 0.25) is 3.42 Å². The summed E-state index contributed by atoms with van der Waals surface area (Å²) in [6.45, 7) is 0. The van der Waals surface area contributed by atoms with Crippen molar-refractivity contribution in [1.29, 1.82) is 0 Å². The van der Waals surface area contributed by atoms with E-state index in [1.54, 1.807) is 0 Å². The Hall–Kier alpha value is 3.80. The SMILES string of the molecule is OC(Br)(Br)C(Br)(Br)C(Br)(Br)C(Br)Br. The zero-order chi connectivity index (χ0) is 11.1. The normalized spacial score (nSPS) is 15.2. The second-order valence-electron chi connectivity index (χ2n) is 2.04. The predicted octanol–water partition coefficient (Wildman–Crippen LogP) is 5.51. The quantitative estimate of drug-likeness (QED) is 0.385. The maximum absolute atomic E-state index is 9.77. The van der Waals surface area contributed by atoms with Crippen molar-refractivity contribution < 1.29 is 5.11 Å². The van der Waals surface area contributed by atoms with Crippen LogP contribution in [0.1, 0.15) is 0 Å². The first-order chi connectivity index (χ1) is 5.44. The highest BCUT2D eigenvalue weighted by molar-refractivity contribution is 9.34. The lowest BCUT2D eigenvalue weighted by Gasteiger charge is -2.41. The first-order valence-electron chi connectivity index (χ1n) is 2.58. The molecule has 0 bridgehead atoms. The van der Waals surface area contributed by atoms with Gasteiger partial charge in [-0.3, -0.25) is 0 Å². The molecule has 0 rings (SSSR count). The molecule has 0 fully saturated rings. The summed E-state index contributed by atoms with van der Waals surface area (Å²) in [5.74, 6) is 0. The molecule has 0 aliphatic heterocycles. The van der Waals surface area contributed by atoms with E-state index < -0.39 is 9.89 Å². The van der Waals surface area contributed by atoms with Gasteiger partial charge in [-0.2, -0.15) is 0 Å². The summed E-state index contributed by atoms with van der Waals surface area (Å²) in [5, 5.41) is 9.77. The average Bonchev–Trinajstić information content (AvgIpc) is 1.84. The number of aliphatic hydroxyl groups is 1. The minimum Gasteiger partial charge on any atom is -0.368 e. The van der Waals surface area contributed by atoms with Crippen molar-refractivity contribution >= 4 is 127 Å². The van der Waals surface area contributed by atoms with E-state index in [1.807, 2.05) is 0 Å². The van der Waals surface area contributed by atoms with Crippen LogP contribution in [0.5, 0.6) is 0 Å². The third-order valence-electron chi connectivity index (χ3n) is 1.07. The molecular formula is C4H2Br8O. The van der Waals surface area contributed by atoms with Gasteiger partial charge >= 0.3 is 0 Å². The molecule has 0 aromatic carbocycles. The van der Waals surface area contributed by atoms with E-state index in [4.69, 9.17) is 0 Å². The van der Waals surface area contributed by atoms with Crippen molar-refractivity contribution in [1.82, 2.24) is 0 Å². The summed E-state index contributed by atoms with van der Waals surface area (Å²) < 4.78 is -3.03. The molecule has 0 radical (unpaired) electrons. The van der Waals surface area contributed by atoms with Crippen LogP contribution in [-0.2, 0) is 0 Å². The van der Waals surface area contributed by atoms with E-state index in [0.29, 0.717) is 0 Å². The Morgan fingerprint density at radius 2 is 1.15 bits per heavy atom. The number of alkyl halides is 8. The second kappa shape index (κ2) is 5.63. The van der Waals surface area contributed by atoms with E-state index >= 15 is 0 Å². The Bertz CT molecular complexity index is 181. The molecule has 1 N–H and O–H groups in total. The van der Waals surface area contributed by atoms with Crippen LogP contribution in [0.2, 0.25) is 0 Å². The third kappa shape index (κ3) is 3.89. The van der Waals surface area contributed by atoms with Gasteiger partial charge in [-0.05, 0) is 31.9 Å². The van der Waals surface area contributed by atoms with Crippen molar-refractivity contribution in [2.75, 3.05) is 0 Å². The highest BCUT2D eigenvalue weighted by Gasteiger charge is 2.59. The van der Waals surface area contributed by atoms with Gasteiger partial charge in [0.05, 0.1) is 3.74 Å². The van der Waals surface area contributed by atoms with Crippen LogP contribution in [0.15, 0.2) is 0 Å². The summed E-state index contributed by atoms with van der Waals surface area (Å²) in [6.07, 6.45) is 0. The Labute approximate surface area is 144 Å². The molecule has 80 valence electrons. The number of hydrogen-bond donors (Lipinski definition) is 1. The van der Waals surface area contributed by atoms with Crippen LogP contribution in [0.4, 0.5) is 0 Å². The maximum Gasteiger partial charge on any atom is 0.202 e. The highest BCUT2D eigenvalue weighted by Crippen LogP contribution is 2.61. The van der Waals surface area contributed by atoms with E-state index in [0.717, 1.165) is 0 Å². The molecule has 9 heteroatoms. The molecule has 0 saturated heterocycles. The molecule has 13 heavy (non-hydrogen) atoms. The Kier molecular flexibility index (Phi) is 7.27. The zero-order valence-electron chi connectivity index (χ0n) is 5.55. The monoisotopic (exact) mass is 697 g/mol. The summed E-state index contributed by atoms with van der Waals surface area (Å²) in [7, 11) is 0. The van der Waals surface area contributed by atoms with Gasteiger partial charge in [0.25, 0.3) is 0 Å². The van der Waals surface area contributed by atoms with Crippen molar-refractivity contribution in [3.8, 4) is 0 Å². The largest absolute Gasteiger partial charge is 0.368 e. The molecule has 0 unspecified atom stereocenters. The lowest BCUT2D eigenvalue weighted by molar-refractivity contribution is 0.232. The van der Waals surface area contributed by atoms with Crippen molar-refractivity contribution in [2.24, 2.45) is 0 Å². The van der Waals surface area contributed by atoms with E-state index in [1.165, 1.54) is 0 Å². The number of rotatable bonds is 3. The molecule has 0 saturated carbocycles.